The van der Waals surface area contributed by atoms with Crippen molar-refractivity contribution in [2.45, 2.75) is 44.3 Å². The molecule has 1 aromatic carbocycles. The maximum Gasteiger partial charge on any atom is 0.220 e. The number of rotatable bonds is 7. The highest BCUT2D eigenvalue weighted by atomic mass is 32.2. The first kappa shape index (κ1) is 22.0. The molecule has 1 aliphatic heterocycles. The zero-order chi connectivity index (χ0) is 21.8. The predicted molar refractivity (Wildman–Crippen MR) is 129 cm³/mol. The van der Waals surface area contributed by atoms with E-state index in [1.807, 2.05) is 6.07 Å². The lowest BCUT2D eigenvalue weighted by molar-refractivity contribution is 0.459. The van der Waals surface area contributed by atoms with E-state index in [4.69, 9.17) is 10.7 Å². The molecule has 0 aliphatic carbocycles. The Balaban J connectivity index is 1.77. The van der Waals surface area contributed by atoms with E-state index in [2.05, 4.69) is 33.9 Å². The molecule has 3 heterocycles. The number of thiazole rings is 1. The van der Waals surface area contributed by atoms with Crippen molar-refractivity contribution < 1.29 is 4.39 Å². The summed E-state index contributed by atoms with van der Waals surface area (Å²) in [6.07, 6.45) is 4.67. The first-order valence-corrected chi connectivity index (χ1v) is 12.3. The molecule has 4 N–H and O–H groups in total. The number of nitrogen functional groups attached to an aromatic ring is 1. The lowest BCUT2D eigenvalue weighted by Crippen LogP contribution is -2.26. The van der Waals surface area contributed by atoms with Gasteiger partial charge in [-0.1, -0.05) is 19.9 Å². The molecule has 9 heteroatoms. The van der Waals surface area contributed by atoms with Crippen LogP contribution in [-0.2, 0) is 0 Å². The Kier molecular flexibility index (Phi) is 7.04. The summed E-state index contributed by atoms with van der Waals surface area (Å²) in [7, 11) is 0. The van der Waals surface area contributed by atoms with Crippen molar-refractivity contribution in [3.05, 3.63) is 41.3 Å². The van der Waals surface area contributed by atoms with Gasteiger partial charge in [0.05, 0.1) is 27.0 Å². The molecule has 1 saturated heterocycles. The predicted octanol–water partition coefficient (Wildman–Crippen LogP) is 5.31. The first-order chi connectivity index (χ1) is 15.1. The molecule has 0 amide bonds. The Labute approximate surface area is 190 Å². The zero-order valence-electron chi connectivity index (χ0n) is 17.7. The van der Waals surface area contributed by atoms with E-state index in [9.17, 15) is 0 Å². The third-order valence-electron chi connectivity index (χ3n) is 5.44. The van der Waals surface area contributed by atoms with Crippen LogP contribution in [0.15, 0.2) is 30.5 Å². The van der Waals surface area contributed by atoms with Gasteiger partial charge in [-0.15, -0.1) is 11.3 Å². The minimum absolute atomic E-state index is 0.195. The van der Waals surface area contributed by atoms with Crippen LogP contribution in [0.1, 0.15) is 44.0 Å². The Bertz CT molecular complexity index is 1030. The number of hydrogen-bond donors (Lipinski definition) is 3. The standard InChI is InChI=1S/C22H27FN6S2/c1-3-13(2)31-29-16-6-4-5-15(18(16)23)19-20(17-9-12-26-22(24)27-17)30-21(28-19)14-7-10-25-11-8-14/h4-6,9,12-14,25,29H,3,7-8,10-11H2,1-2H3,(H2,24,26,27). The van der Waals surface area contributed by atoms with Crippen molar-refractivity contribution in [3.63, 3.8) is 0 Å². The largest absolute Gasteiger partial charge is 0.368 e. The maximum atomic E-state index is 15.6. The topological polar surface area (TPSA) is 88.8 Å². The number of benzene rings is 1. The molecule has 6 nitrogen and oxygen atoms in total. The Morgan fingerprint density at radius 2 is 2.10 bits per heavy atom. The zero-order valence-corrected chi connectivity index (χ0v) is 19.3. The van der Waals surface area contributed by atoms with Crippen molar-refractivity contribution in [3.8, 4) is 21.8 Å². The summed E-state index contributed by atoms with van der Waals surface area (Å²) >= 11 is 3.11. The quantitative estimate of drug-likeness (QED) is 0.413. The molecule has 0 saturated carbocycles. The number of aromatic nitrogens is 3. The van der Waals surface area contributed by atoms with Gasteiger partial charge in [0.2, 0.25) is 5.95 Å². The van der Waals surface area contributed by atoms with Crippen molar-refractivity contribution in [1.82, 2.24) is 20.3 Å². The first-order valence-electron chi connectivity index (χ1n) is 10.6. The van der Waals surface area contributed by atoms with Crippen LogP contribution in [-0.4, -0.2) is 33.3 Å². The normalized spacial score (nSPS) is 15.7. The van der Waals surface area contributed by atoms with Gasteiger partial charge in [-0.05, 0) is 62.5 Å². The molecule has 1 aliphatic rings. The third kappa shape index (κ3) is 4.99. The molecular weight excluding hydrogens is 431 g/mol. The van der Waals surface area contributed by atoms with Crippen LogP contribution < -0.4 is 15.8 Å². The summed E-state index contributed by atoms with van der Waals surface area (Å²) in [6, 6.07) is 7.21. The van der Waals surface area contributed by atoms with Gasteiger partial charge in [0.25, 0.3) is 0 Å². The number of nitrogens with two attached hydrogens (primary N) is 1. The van der Waals surface area contributed by atoms with E-state index >= 15 is 4.39 Å². The van der Waals surface area contributed by atoms with Crippen LogP contribution in [0.2, 0.25) is 0 Å². The molecule has 1 unspecified atom stereocenters. The van der Waals surface area contributed by atoms with E-state index < -0.39 is 0 Å². The number of halogens is 1. The van der Waals surface area contributed by atoms with Crippen LogP contribution in [0.5, 0.6) is 0 Å². The summed E-state index contributed by atoms with van der Waals surface area (Å²) in [5, 5.41) is 4.80. The lowest BCUT2D eigenvalue weighted by atomic mass is 9.99. The summed E-state index contributed by atoms with van der Waals surface area (Å²) < 4.78 is 18.7. The van der Waals surface area contributed by atoms with Gasteiger partial charge in [0.1, 0.15) is 0 Å². The smallest absolute Gasteiger partial charge is 0.220 e. The number of nitrogens with one attached hydrogen (secondary N) is 2. The van der Waals surface area contributed by atoms with Crippen LogP contribution in [0.3, 0.4) is 0 Å². The van der Waals surface area contributed by atoms with Crippen LogP contribution in [0.25, 0.3) is 21.8 Å². The van der Waals surface area contributed by atoms with E-state index in [0.29, 0.717) is 33.8 Å². The second kappa shape index (κ2) is 9.93. The Morgan fingerprint density at radius 1 is 1.29 bits per heavy atom. The highest BCUT2D eigenvalue weighted by Gasteiger charge is 2.25. The molecule has 2 aromatic heterocycles. The fraction of sp³-hybridized carbons (Fsp3) is 0.409. The van der Waals surface area contributed by atoms with E-state index in [0.717, 1.165) is 42.2 Å². The molecule has 0 radical (unpaired) electrons. The molecular formula is C22H27FN6S2. The van der Waals surface area contributed by atoms with Gasteiger partial charge in [0, 0.05) is 22.9 Å². The molecule has 3 aromatic rings. The number of nitrogens with zero attached hydrogens (tertiary/aromatic N) is 3. The van der Waals surface area contributed by atoms with Gasteiger partial charge >= 0.3 is 0 Å². The second-order valence-electron chi connectivity index (χ2n) is 7.66. The van der Waals surface area contributed by atoms with Crippen molar-refractivity contribution in [1.29, 1.82) is 0 Å². The minimum Gasteiger partial charge on any atom is -0.368 e. The van der Waals surface area contributed by atoms with Crippen LogP contribution >= 0.6 is 23.3 Å². The van der Waals surface area contributed by atoms with Crippen molar-refractivity contribution in [2.75, 3.05) is 23.5 Å². The summed E-state index contributed by atoms with van der Waals surface area (Å²) in [4.78, 5) is 14.2. The maximum absolute atomic E-state index is 15.6. The summed E-state index contributed by atoms with van der Waals surface area (Å²) in [5.74, 6) is 0.258. The number of anilines is 2. The average Bonchev–Trinajstić information content (AvgIpc) is 3.24. The molecule has 0 spiro atoms. The monoisotopic (exact) mass is 458 g/mol. The Hall–Kier alpha value is -2.23. The van der Waals surface area contributed by atoms with E-state index in [1.165, 1.54) is 11.9 Å². The number of piperidine rings is 1. The molecule has 4 rings (SSSR count). The van der Waals surface area contributed by atoms with Gasteiger partial charge in [0.15, 0.2) is 5.82 Å². The van der Waals surface area contributed by atoms with Gasteiger partial charge in [-0.3, -0.25) is 0 Å². The summed E-state index contributed by atoms with van der Waals surface area (Å²) in [6.45, 7) is 6.16. The van der Waals surface area contributed by atoms with E-state index in [-0.39, 0.29) is 11.8 Å². The van der Waals surface area contributed by atoms with E-state index in [1.54, 1.807) is 35.7 Å². The van der Waals surface area contributed by atoms with Crippen molar-refractivity contribution >= 4 is 34.9 Å². The second-order valence-corrected chi connectivity index (χ2v) is 9.94. The molecule has 1 fully saturated rings. The highest BCUT2D eigenvalue weighted by Crippen LogP contribution is 2.42. The van der Waals surface area contributed by atoms with Gasteiger partial charge in [-0.2, -0.15) is 0 Å². The van der Waals surface area contributed by atoms with Crippen LogP contribution in [0, 0.1) is 5.82 Å². The minimum atomic E-state index is -0.302. The fourth-order valence-corrected chi connectivity index (χ4v) is 5.35. The highest BCUT2D eigenvalue weighted by molar-refractivity contribution is 8.01. The molecule has 164 valence electrons. The SMILES string of the molecule is CCC(C)SNc1cccc(-c2nc(C3CCNCC3)sc2-c2ccnc(N)n2)c1F. The fourth-order valence-electron chi connectivity index (χ4n) is 3.48. The van der Waals surface area contributed by atoms with Crippen molar-refractivity contribution in [2.24, 2.45) is 0 Å². The number of hydrogen-bond acceptors (Lipinski definition) is 8. The lowest BCUT2D eigenvalue weighted by Gasteiger charge is -2.20. The summed E-state index contributed by atoms with van der Waals surface area (Å²) in [5.41, 5.74) is 8.06. The van der Waals surface area contributed by atoms with Gasteiger partial charge < -0.3 is 15.8 Å². The van der Waals surface area contributed by atoms with Gasteiger partial charge in [-0.25, -0.2) is 19.3 Å². The third-order valence-corrected chi connectivity index (χ3v) is 7.75. The molecule has 31 heavy (non-hydrogen) atoms. The Morgan fingerprint density at radius 3 is 2.84 bits per heavy atom. The average molecular weight is 459 g/mol. The molecule has 1 atom stereocenters. The molecule has 0 bridgehead atoms. The van der Waals surface area contributed by atoms with Crippen LogP contribution in [0.4, 0.5) is 16.0 Å².